The molecule has 0 saturated heterocycles. The Morgan fingerprint density at radius 3 is 2.54 bits per heavy atom. The van der Waals surface area contributed by atoms with Crippen molar-refractivity contribution in [1.29, 1.82) is 0 Å². The Balaban J connectivity index is 0.00000288. The molecule has 2 aromatic rings. The van der Waals surface area contributed by atoms with Crippen LogP contribution >= 0.6 is 47.2 Å². The molecule has 2 N–H and O–H groups in total. The van der Waals surface area contributed by atoms with Crippen molar-refractivity contribution in [2.75, 3.05) is 7.05 Å². The maximum atomic E-state index is 6.07. The summed E-state index contributed by atoms with van der Waals surface area (Å²) in [6.45, 7) is 4.47. The number of nitrogens with one attached hydrogen (secondary N) is 2. The molecule has 0 spiro atoms. The molecule has 0 radical (unpaired) electrons. The molecule has 0 bridgehead atoms. The highest BCUT2D eigenvalue weighted by Crippen LogP contribution is 2.25. The number of aliphatic imine (C=N–C) groups is 1. The van der Waals surface area contributed by atoms with Crippen LogP contribution in [0.4, 0.5) is 0 Å². The molecule has 2 rings (SSSR count). The van der Waals surface area contributed by atoms with E-state index in [1.807, 2.05) is 37.6 Å². The molecule has 0 amide bonds. The number of rotatable bonds is 4. The van der Waals surface area contributed by atoms with E-state index in [0.717, 1.165) is 17.2 Å². The number of halogens is 3. The van der Waals surface area contributed by atoms with E-state index >= 15 is 0 Å². The summed E-state index contributed by atoms with van der Waals surface area (Å²) in [5.41, 5.74) is 1.02. The molecule has 24 heavy (non-hydrogen) atoms. The van der Waals surface area contributed by atoms with Gasteiger partial charge in [-0.2, -0.15) is 0 Å². The lowest BCUT2D eigenvalue weighted by molar-refractivity contribution is 0.667. The topological polar surface area (TPSA) is 67.1 Å². The minimum absolute atomic E-state index is 0. The largest absolute Gasteiger partial charge is 0.350 e. The minimum Gasteiger partial charge on any atom is -0.350 e. The van der Waals surface area contributed by atoms with E-state index in [-0.39, 0.29) is 30.0 Å². The Morgan fingerprint density at radius 1 is 1.29 bits per heavy atom. The van der Waals surface area contributed by atoms with Crippen LogP contribution in [0.5, 0.6) is 0 Å². The molecular weight excluding hydrogens is 462 g/mol. The van der Waals surface area contributed by atoms with Crippen LogP contribution in [-0.2, 0) is 13.6 Å². The Hall–Kier alpha value is -1.06. The van der Waals surface area contributed by atoms with Gasteiger partial charge in [0, 0.05) is 14.1 Å². The molecule has 0 saturated carbocycles. The summed E-state index contributed by atoms with van der Waals surface area (Å²) in [4.78, 5) is 4.22. The quantitative estimate of drug-likeness (QED) is 0.397. The van der Waals surface area contributed by atoms with E-state index in [1.54, 1.807) is 13.1 Å². The summed E-state index contributed by atoms with van der Waals surface area (Å²) in [6.07, 6.45) is 0. The number of guanidine groups is 1. The van der Waals surface area contributed by atoms with Gasteiger partial charge in [-0.05, 0) is 31.5 Å². The SMILES string of the molecule is CN=C(NCc1nnc(C)n1C)NC(C)c1ccc(Cl)c(Cl)c1.I. The van der Waals surface area contributed by atoms with Crippen LogP contribution in [-0.4, -0.2) is 27.8 Å². The van der Waals surface area contributed by atoms with Crippen molar-refractivity contribution < 1.29 is 0 Å². The van der Waals surface area contributed by atoms with Crippen LogP contribution in [0, 0.1) is 6.92 Å². The van der Waals surface area contributed by atoms with Gasteiger partial charge in [-0.1, -0.05) is 29.3 Å². The summed E-state index contributed by atoms with van der Waals surface area (Å²) >= 11 is 12.0. The van der Waals surface area contributed by atoms with Gasteiger partial charge in [0.05, 0.1) is 22.6 Å². The third-order valence-electron chi connectivity index (χ3n) is 3.62. The van der Waals surface area contributed by atoms with E-state index in [0.29, 0.717) is 22.5 Å². The maximum absolute atomic E-state index is 6.07. The number of aryl methyl sites for hydroxylation is 1. The summed E-state index contributed by atoms with van der Waals surface area (Å²) < 4.78 is 1.93. The van der Waals surface area contributed by atoms with Crippen molar-refractivity contribution in [1.82, 2.24) is 25.4 Å². The van der Waals surface area contributed by atoms with Gasteiger partial charge in [0.2, 0.25) is 0 Å². The van der Waals surface area contributed by atoms with Crippen molar-refractivity contribution >= 4 is 53.1 Å². The van der Waals surface area contributed by atoms with Crippen LogP contribution in [0.1, 0.15) is 30.2 Å². The van der Waals surface area contributed by atoms with Gasteiger partial charge in [-0.15, -0.1) is 34.2 Å². The fourth-order valence-corrected chi connectivity index (χ4v) is 2.34. The third-order valence-corrected chi connectivity index (χ3v) is 4.36. The predicted molar refractivity (Wildman–Crippen MR) is 109 cm³/mol. The molecule has 0 aliphatic rings. The first-order valence-electron chi connectivity index (χ1n) is 7.19. The van der Waals surface area contributed by atoms with E-state index in [1.165, 1.54) is 0 Å². The smallest absolute Gasteiger partial charge is 0.191 e. The van der Waals surface area contributed by atoms with Gasteiger partial charge in [0.25, 0.3) is 0 Å². The lowest BCUT2D eigenvalue weighted by atomic mass is 10.1. The molecule has 6 nitrogen and oxygen atoms in total. The second-order valence-corrected chi connectivity index (χ2v) is 6.00. The first kappa shape index (κ1) is 21.0. The van der Waals surface area contributed by atoms with Crippen LogP contribution in [0.2, 0.25) is 10.0 Å². The average molecular weight is 483 g/mol. The predicted octanol–water partition coefficient (Wildman–Crippen LogP) is 3.47. The lowest BCUT2D eigenvalue weighted by Gasteiger charge is -2.18. The van der Waals surface area contributed by atoms with E-state index < -0.39 is 0 Å². The zero-order valence-corrected chi connectivity index (χ0v) is 17.8. The Labute approximate surface area is 169 Å². The van der Waals surface area contributed by atoms with Crippen LogP contribution in [0.25, 0.3) is 0 Å². The number of nitrogens with zero attached hydrogens (tertiary/aromatic N) is 4. The van der Waals surface area contributed by atoms with Gasteiger partial charge >= 0.3 is 0 Å². The van der Waals surface area contributed by atoms with Gasteiger partial charge in [0.15, 0.2) is 11.8 Å². The van der Waals surface area contributed by atoms with E-state index in [2.05, 4.69) is 25.8 Å². The third kappa shape index (κ3) is 5.22. The fourth-order valence-electron chi connectivity index (χ4n) is 2.03. The summed E-state index contributed by atoms with van der Waals surface area (Å²) in [5.74, 6) is 2.38. The monoisotopic (exact) mass is 482 g/mol. The summed E-state index contributed by atoms with van der Waals surface area (Å²) in [5, 5.41) is 15.8. The second kappa shape index (κ2) is 9.43. The molecule has 132 valence electrons. The molecule has 0 fully saturated rings. The Bertz CT molecular complexity index is 716. The van der Waals surface area contributed by atoms with Crippen molar-refractivity contribution in [2.24, 2.45) is 12.0 Å². The summed E-state index contributed by atoms with van der Waals surface area (Å²) in [6, 6.07) is 5.60. The van der Waals surface area contributed by atoms with Crippen LogP contribution < -0.4 is 10.6 Å². The molecular formula is C15H21Cl2IN6. The van der Waals surface area contributed by atoms with Crippen molar-refractivity contribution in [3.8, 4) is 0 Å². The van der Waals surface area contributed by atoms with Crippen molar-refractivity contribution in [2.45, 2.75) is 26.4 Å². The Morgan fingerprint density at radius 2 is 2.00 bits per heavy atom. The van der Waals surface area contributed by atoms with Gasteiger partial charge in [-0.3, -0.25) is 4.99 Å². The zero-order valence-electron chi connectivity index (χ0n) is 14.0. The number of hydrogen-bond acceptors (Lipinski definition) is 3. The fraction of sp³-hybridized carbons (Fsp3) is 0.400. The molecule has 1 aromatic heterocycles. The van der Waals surface area contributed by atoms with Crippen molar-refractivity contribution in [3.05, 3.63) is 45.5 Å². The Kier molecular flexibility index (Phi) is 8.24. The first-order chi connectivity index (χ1) is 10.9. The number of hydrogen-bond donors (Lipinski definition) is 2. The van der Waals surface area contributed by atoms with E-state index in [9.17, 15) is 0 Å². The van der Waals surface area contributed by atoms with Crippen LogP contribution in [0.3, 0.4) is 0 Å². The standard InChI is InChI=1S/C15H20Cl2N6.HI/c1-9(11-5-6-12(16)13(17)7-11)20-15(18-3)19-8-14-22-21-10(2)23(14)4;/h5-7,9H,8H2,1-4H3,(H2,18,19,20);1H. The molecule has 1 aromatic carbocycles. The number of benzene rings is 1. The molecule has 0 aliphatic heterocycles. The van der Waals surface area contributed by atoms with Gasteiger partial charge in [0.1, 0.15) is 5.82 Å². The van der Waals surface area contributed by atoms with Gasteiger partial charge < -0.3 is 15.2 Å². The van der Waals surface area contributed by atoms with Gasteiger partial charge in [-0.25, -0.2) is 0 Å². The van der Waals surface area contributed by atoms with E-state index in [4.69, 9.17) is 23.2 Å². The second-order valence-electron chi connectivity index (χ2n) is 5.19. The maximum Gasteiger partial charge on any atom is 0.191 e. The highest BCUT2D eigenvalue weighted by Gasteiger charge is 2.11. The minimum atomic E-state index is 0. The normalized spacial score (nSPS) is 12.5. The average Bonchev–Trinajstić information content (AvgIpc) is 2.85. The molecule has 1 unspecified atom stereocenters. The lowest BCUT2D eigenvalue weighted by Crippen LogP contribution is -2.38. The first-order valence-corrected chi connectivity index (χ1v) is 7.95. The van der Waals surface area contributed by atoms with Crippen LogP contribution in [0.15, 0.2) is 23.2 Å². The zero-order chi connectivity index (χ0) is 17.0. The van der Waals surface area contributed by atoms with Crippen molar-refractivity contribution in [3.63, 3.8) is 0 Å². The molecule has 0 aliphatic carbocycles. The highest BCUT2D eigenvalue weighted by molar-refractivity contribution is 14.0. The number of aromatic nitrogens is 3. The highest BCUT2D eigenvalue weighted by atomic mass is 127. The molecule has 1 heterocycles. The molecule has 9 heteroatoms. The molecule has 1 atom stereocenters. The summed E-state index contributed by atoms with van der Waals surface area (Å²) in [7, 11) is 3.65.